The number of rotatable bonds is 4. The van der Waals surface area contributed by atoms with Crippen LogP contribution in [0.4, 0.5) is 8.78 Å². The molecule has 0 unspecified atom stereocenters. The summed E-state index contributed by atoms with van der Waals surface area (Å²) in [6.45, 7) is 7.25. The van der Waals surface area contributed by atoms with E-state index in [1.54, 1.807) is 6.08 Å². The van der Waals surface area contributed by atoms with Crippen molar-refractivity contribution in [1.29, 1.82) is 0 Å². The van der Waals surface area contributed by atoms with Crippen molar-refractivity contribution >= 4 is 46.1 Å². The number of halogens is 5. The molecule has 2 nitrogen and oxygen atoms in total. The first-order valence-corrected chi connectivity index (χ1v) is 9.75. The maximum absolute atomic E-state index is 13.3. The second kappa shape index (κ2) is 10.1. The SMILES string of the molecule is C=C1C(Cl)=CC(c2ccccc2)=C(c2ncc(Cl)cc2Cl)N1CC(F)F.CC. The monoisotopic (exact) mass is 442 g/mol. The first-order chi connectivity index (χ1) is 13.4. The van der Waals surface area contributed by atoms with Gasteiger partial charge in [0, 0.05) is 11.8 Å². The van der Waals surface area contributed by atoms with E-state index in [0.717, 1.165) is 5.56 Å². The molecule has 0 amide bonds. The lowest BCUT2D eigenvalue weighted by atomic mass is 9.96. The van der Waals surface area contributed by atoms with Crippen LogP contribution in [0.1, 0.15) is 25.1 Å². The lowest BCUT2D eigenvalue weighted by molar-refractivity contribution is 0.123. The van der Waals surface area contributed by atoms with Crippen molar-refractivity contribution in [3.8, 4) is 0 Å². The molecule has 3 rings (SSSR count). The number of hydrogen-bond acceptors (Lipinski definition) is 2. The minimum absolute atomic E-state index is 0.249. The van der Waals surface area contributed by atoms with Crippen LogP contribution in [0, 0.1) is 0 Å². The normalized spacial score (nSPS) is 14.1. The summed E-state index contributed by atoms with van der Waals surface area (Å²) in [5.41, 5.74) is 2.42. The van der Waals surface area contributed by atoms with E-state index in [1.165, 1.54) is 17.2 Å². The smallest absolute Gasteiger partial charge is 0.256 e. The molecular formula is C21H19Cl3F2N2. The van der Waals surface area contributed by atoms with Crippen molar-refractivity contribution in [2.24, 2.45) is 0 Å². The van der Waals surface area contributed by atoms with Crippen molar-refractivity contribution < 1.29 is 8.78 Å². The van der Waals surface area contributed by atoms with Gasteiger partial charge < -0.3 is 4.90 Å². The molecule has 2 aromatic rings. The fraction of sp³-hybridized carbons (Fsp3) is 0.190. The Bertz CT molecular complexity index is 909. The number of benzene rings is 1. The van der Waals surface area contributed by atoms with Gasteiger partial charge >= 0.3 is 0 Å². The molecule has 148 valence electrons. The van der Waals surface area contributed by atoms with Crippen molar-refractivity contribution in [2.45, 2.75) is 20.3 Å². The topological polar surface area (TPSA) is 16.1 Å². The zero-order valence-electron chi connectivity index (χ0n) is 15.4. The lowest BCUT2D eigenvalue weighted by Crippen LogP contribution is -2.30. The molecule has 28 heavy (non-hydrogen) atoms. The summed E-state index contributed by atoms with van der Waals surface area (Å²) in [4.78, 5) is 5.62. The van der Waals surface area contributed by atoms with Crippen LogP contribution in [0.2, 0.25) is 10.0 Å². The molecular weight excluding hydrogens is 425 g/mol. The van der Waals surface area contributed by atoms with Crippen LogP contribution in [0.25, 0.3) is 11.3 Å². The summed E-state index contributed by atoms with van der Waals surface area (Å²) >= 11 is 18.5. The van der Waals surface area contributed by atoms with Crippen LogP contribution < -0.4 is 0 Å². The van der Waals surface area contributed by atoms with Crippen LogP contribution >= 0.6 is 34.8 Å². The fourth-order valence-corrected chi connectivity index (χ4v) is 3.39. The average molecular weight is 444 g/mol. The fourth-order valence-electron chi connectivity index (χ4n) is 2.71. The van der Waals surface area contributed by atoms with Gasteiger partial charge in [-0.25, -0.2) is 8.78 Å². The Labute approximate surface area is 178 Å². The van der Waals surface area contributed by atoms with Gasteiger partial charge in [0.25, 0.3) is 6.43 Å². The highest BCUT2D eigenvalue weighted by Gasteiger charge is 2.29. The molecule has 1 aromatic carbocycles. The van der Waals surface area contributed by atoms with Crippen LogP contribution in [0.15, 0.2) is 66.0 Å². The van der Waals surface area contributed by atoms with Gasteiger partial charge in [0.05, 0.1) is 33.0 Å². The summed E-state index contributed by atoms with van der Waals surface area (Å²) < 4.78 is 26.5. The average Bonchev–Trinajstić information content (AvgIpc) is 2.68. The zero-order valence-corrected chi connectivity index (χ0v) is 17.7. The van der Waals surface area contributed by atoms with Gasteiger partial charge in [-0.1, -0.05) is 85.6 Å². The molecule has 0 fully saturated rings. The number of pyridine rings is 1. The largest absolute Gasteiger partial charge is 0.333 e. The van der Waals surface area contributed by atoms with E-state index in [1.807, 2.05) is 44.2 Å². The van der Waals surface area contributed by atoms with Crippen LogP contribution in [0.5, 0.6) is 0 Å². The Balaban J connectivity index is 0.00000136. The molecule has 0 spiro atoms. The molecule has 0 bridgehead atoms. The second-order valence-electron chi connectivity index (χ2n) is 5.55. The molecule has 0 saturated heterocycles. The predicted molar refractivity (Wildman–Crippen MR) is 115 cm³/mol. The molecule has 2 heterocycles. The van der Waals surface area contributed by atoms with E-state index in [4.69, 9.17) is 34.8 Å². The maximum Gasteiger partial charge on any atom is 0.256 e. The summed E-state index contributed by atoms with van der Waals surface area (Å²) in [7, 11) is 0. The van der Waals surface area contributed by atoms with Crippen molar-refractivity contribution in [3.05, 3.63) is 87.3 Å². The van der Waals surface area contributed by atoms with E-state index in [9.17, 15) is 8.78 Å². The van der Waals surface area contributed by atoms with Gasteiger partial charge in [0.15, 0.2) is 0 Å². The summed E-state index contributed by atoms with van der Waals surface area (Å²) in [5.74, 6) is 0. The standard InChI is InChI=1S/C19H13Cl3F2N2.C2H6/c1-11-15(21)8-14(12-5-3-2-4-6-12)19(26(11)10-17(23)24)18-16(22)7-13(20)9-25-18;1-2/h2-9,17H,1,10H2;1-2H3. The Hall–Kier alpha value is -1.88. The number of alkyl halides is 2. The molecule has 1 aromatic heterocycles. The van der Waals surface area contributed by atoms with Gasteiger partial charge in [-0.2, -0.15) is 0 Å². The van der Waals surface area contributed by atoms with E-state index in [2.05, 4.69) is 11.6 Å². The van der Waals surface area contributed by atoms with E-state index in [-0.39, 0.29) is 15.8 Å². The molecule has 0 aliphatic carbocycles. The Kier molecular flexibility index (Phi) is 8.05. The van der Waals surface area contributed by atoms with Crippen molar-refractivity contribution in [1.82, 2.24) is 9.88 Å². The Morgan fingerprint density at radius 3 is 2.32 bits per heavy atom. The minimum atomic E-state index is -2.60. The molecule has 0 saturated carbocycles. The van der Waals surface area contributed by atoms with Gasteiger partial charge in [-0.3, -0.25) is 4.98 Å². The first kappa shape index (κ1) is 22.4. The van der Waals surface area contributed by atoms with Crippen molar-refractivity contribution in [2.75, 3.05) is 6.54 Å². The maximum atomic E-state index is 13.3. The summed E-state index contributed by atoms with van der Waals surface area (Å²) in [5, 5.41) is 0.877. The highest BCUT2D eigenvalue weighted by molar-refractivity contribution is 6.36. The molecule has 1 aliphatic rings. The van der Waals surface area contributed by atoms with Gasteiger partial charge in [0.1, 0.15) is 5.69 Å². The van der Waals surface area contributed by atoms with Crippen LogP contribution in [-0.4, -0.2) is 22.9 Å². The third kappa shape index (κ3) is 4.93. The number of hydrogen-bond donors (Lipinski definition) is 0. The zero-order chi connectivity index (χ0) is 20.8. The van der Waals surface area contributed by atoms with Gasteiger partial charge in [-0.05, 0) is 17.7 Å². The van der Waals surface area contributed by atoms with Crippen molar-refractivity contribution in [3.63, 3.8) is 0 Å². The summed E-state index contributed by atoms with van der Waals surface area (Å²) in [6.07, 6.45) is 0.498. The number of allylic oxidation sites excluding steroid dienone is 3. The lowest BCUT2D eigenvalue weighted by Gasteiger charge is -2.34. The third-order valence-electron chi connectivity index (χ3n) is 3.84. The van der Waals surface area contributed by atoms with Crippen LogP contribution in [-0.2, 0) is 0 Å². The molecule has 7 heteroatoms. The number of nitrogens with zero attached hydrogens (tertiary/aromatic N) is 2. The van der Waals surface area contributed by atoms with Crippen LogP contribution in [0.3, 0.4) is 0 Å². The van der Waals surface area contributed by atoms with Gasteiger partial charge in [-0.15, -0.1) is 0 Å². The highest BCUT2D eigenvalue weighted by Crippen LogP contribution is 2.42. The first-order valence-electron chi connectivity index (χ1n) is 8.61. The second-order valence-corrected chi connectivity index (χ2v) is 6.80. The number of aromatic nitrogens is 1. The molecule has 1 aliphatic heterocycles. The van der Waals surface area contributed by atoms with E-state index in [0.29, 0.717) is 22.0 Å². The predicted octanol–water partition coefficient (Wildman–Crippen LogP) is 7.50. The van der Waals surface area contributed by atoms with Gasteiger partial charge in [0.2, 0.25) is 0 Å². The quantitative estimate of drug-likeness (QED) is 0.486. The summed E-state index contributed by atoms with van der Waals surface area (Å²) in [6, 6.07) is 10.8. The Morgan fingerprint density at radius 2 is 1.75 bits per heavy atom. The highest BCUT2D eigenvalue weighted by atomic mass is 35.5. The van der Waals surface area contributed by atoms with E-state index < -0.39 is 13.0 Å². The minimum Gasteiger partial charge on any atom is -0.333 e. The molecule has 0 N–H and O–H groups in total. The third-order valence-corrected chi connectivity index (χ3v) is 4.66. The van der Waals surface area contributed by atoms with E-state index >= 15 is 0 Å². The Morgan fingerprint density at radius 1 is 1.11 bits per heavy atom. The molecule has 0 atom stereocenters. The molecule has 0 radical (unpaired) electrons.